The van der Waals surface area contributed by atoms with Gasteiger partial charge in [-0.3, -0.25) is 0 Å². The summed E-state index contributed by atoms with van der Waals surface area (Å²) in [5.74, 6) is 0. The summed E-state index contributed by atoms with van der Waals surface area (Å²) in [6.07, 6.45) is 5.63. The third-order valence-electron chi connectivity index (χ3n) is 3.55. The summed E-state index contributed by atoms with van der Waals surface area (Å²) in [6, 6.07) is 0. The van der Waals surface area contributed by atoms with Crippen LogP contribution in [0.2, 0.25) is 0 Å². The van der Waals surface area contributed by atoms with Gasteiger partial charge in [-0.15, -0.1) is 0 Å². The number of hydrogen-bond donors (Lipinski definition) is 0. The van der Waals surface area contributed by atoms with Crippen LogP contribution < -0.4 is 5.32 Å². The molecule has 2 aliphatic rings. The molecule has 2 heterocycles. The smallest absolute Gasteiger partial charge is 0.0261 e. The maximum absolute atomic E-state index is 4.37. The molecule has 0 saturated carbocycles. The van der Waals surface area contributed by atoms with Gasteiger partial charge in [-0.2, -0.15) is 0 Å². The second kappa shape index (κ2) is 6.46. The standard InChI is InChI=1S/C12H24N3/c1-2-7-14(8-3-1)9-4-10-15-11-5-13-6-12-15/h1-12H2. The van der Waals surface area contributed by atoms with Crippen molar-refractivity contribution >= 4 is 0 Å². The lowest BCUT2D eigenvalue weighted by molar-refractivity contribution is 0.192. The van der Waals surface area contributed by atoms with Gasteiger partial charge in [0, 0.05) is 26.2 Å². The summed E-state index contributed by atoms with van der Waals surface area (Å²) in [4.78, 5) is 5.20. The van der Waals surface area contributed by atoms with Crippen molar-refractivity contribution in [3.63, 3.8) is 0 Å². The van der Waals surface area contributed by atoms with Crippen LogP contribution in [0.5, 0.6) is 0 Å². The van der Waals surface area contributed by atoms with Gasteiger partial charge in [-0.25, -0.2) is 5.32 Å². The van der Waals surface area contributed by atoms with Crippen LogP contribution in [0.3, 0.4) is 0 Å². The van der Waals surface area contributed by atoms with E-state index in [1.807, 2.05) is 0 Å². The summed E-state index contributed by atoms with van der Waals surface area (Å²) in [6.45, 7) is 9.79. The van der Waals surface area contributed by atoms with E-state index >= 15 is 0 Å². The van der Waals surface area contributed by atoms with Gasteiger partial charge < -0.3 is 9.80 Å². The quantitative estimate of drug-likeness (QED) is 0.683. The van der Waals surface area contributed by atoms with E-state index in [0.717, 1.165) is 13.1 Å². The fourth-order valence-electron chi connectivity index (χ4n) is 2.57. The molecule has 0 unspecified atom stereocenters. The predicted molar refractivity (Wildman–Crippen MR) is 63.2 cm³/mol. The molecule has 1 radical (unpaired) electrons. The maximum Gasteiger partial charge on any atom is 0.0261 e. The zero-order valence-electron chi connectivity index (χ0n) is 9.83. The van der Waals surface area contributed by atoms with Crippen LogP contribution in [-0.2, 0) is 0 Å². The van der Waals surface area contributed by atoms with Crippen LogP contribution in [-0.4, -0.2) is 62.2 Å². The van der Waals surface area contributed by atoms with Gasteiger partial charge >= 0.3 is 0 Å². The molecular weight excluding hydrogens is 186 g/mol. The van der Waals surface area contributed by atoms with Crippen molar-refractivity contribution in [2.45, 2.75) is 25.7 Å². The molecule has 0 aliphatic carbocycles. The Kier molecular flexibility index (Phi) is 4.90. The average Bonchev–Trinajstić information content (AvgIpc) is 2.32. The summed E-state index contributed by atoms with van der Waals surface area (Å²) in [5.41, 5.74) is 0. The van der Waals surface area contributed by atoms with Crippen molar-refractivity contribution in [2.75, 3.05) is 52.4 Å². The maximum atomic E-state index is 4.37. The third kappa shape index (κ3) is 4.09. The molecule has 0 aromatic carbocycles. The highest BCUT2D eigenvalue weighted by Gasteiger charge is 2.12. The Morgan fingerprint density at radius 1 is 0.733 bits per heavy atom. The van der Waals surface area contributed by atoms with Crippen LogP contribution in [0.25, 0.3) is 0 Å². The highest BCUT2D eigenvalue weighted by atomic mass is 15.2. The van der Waals surface area contributed by atoms with Crippen molar-refractivity contribution in [1.29, 1.82) is 0 Å². The van der Waals surface area contributed by atoms with Gasteiger partial charge in [0.1, 0.15) is 0 Å². The van der Waals surface area contributed by atoms with Crippen molar-refractivity contribution in [2.24, 2.45) is 0 Å². The van der Waals surface area contributed by atoms with E-state index < -0.39 is 0 Å². The van der Waals surface area contributed by atoms with Gasteiger partial charge in [-0.1, -0.05) is 6.42 Å². The zero-order valence-corrected chi connectivity index (χ0v) is 9.83. The molecule has 0 aromatic heterocycles. The van der Waals surface area contributed by atoms with E-state index in [9.17, 15) is 0 Å². The summed E-state index contributed by atoms with van der Waals surface area (Å²) < 4.78 is 0. The highest BCUT2D eigenvalue weighted by molar-refractivity contribution is 4.69. The number of piperazine rings is 1. The number of likely N-dealkylation sites (tertiary alicyclic amines) is 1. The van der Waals surface area contributed by atoms with E-state index in [1.54, 1.807) is 0 Å². The fourth-order valence-corrected chi connectivity index (χ4v) is 2.57. The molecule has 0 bridgehead atoms. The van der Waals surface area contributed by atoms with E-state index in [2.05, 4.69) is 15.1 Å². The lowest BCUT2D eigenvalue weighted by atomic mass is 10.1. The van der Waals surface area contributed by atoms with Gasteiger partial charge in [0.05, 0.1) is 0 Å². The summed E-state index contributed by atoms with van der Waals surface area (Å²) in [7, 11) is 0. The molecule has 15 heavy (non-hydrogen) atoms. The third-order valence-corrected chi connectivity index (χ3v) is 3.55. The van der Waals surface area contributed by atoms with Gasteiger partial charge in [0.2, 0.25) is 0 Å². The number of nitrogens with zero attached hydrogens (tertiary/aromatic N) is 3. The first kappa shape index (κ1) is 11.4. The monoisotopic (exact) mass is 210 g/mol. The second-order valence-corrected chi connectivity index (χ2v) is 4.77. The minimum absolute atomic E-state index is 1.06. The Bertz CT molecular complexity index is 142. The minimum Gasteiger partial charge on any atom is -0.303 e. The predicted octanol–water partition coefficient (Wildman–Crippen LogP) is 0.782. The van der Waals surface area contributed by atoms with Crippen molar-refractivity contribution in [3.05, 3.63) is 0 Å². The lowest BCUT2D eigenvalue weighted by Gasteiger charge is -2.29. The van der Waals surface area contributed by atoms with Gasteiger partial charge in [-0.05, 0) is 45.4 Å². The Morgan fingerprint density at radius 3 is 2.00 bits per heavy atom. The van der Waals surface area contributed by atoms with E-state index in [4.69, 9.17) is 0 Å². The Hall–Kier alpha value is -0.120. The zero-order chi connectivity index (χ0) is 10.3. The van der Waals surface area contributed by atoms with Crippen molar-refractivity contribution in [1.82, 2.24) is 15.1 Å². The molecule has 0 aromatic rings. The second-order valence-electron chi connectivity index (χ2n) is 4.77. The average molecular weight is 210 g/mol. The molecule has 2 rings (SSSR count). The number of piperidine rings is 1. The summed E-state index contributed by atoms with van der Waals surface area (Å²) >= 11 is 0. The molecule has 0 spiro atoms. The molecule has 2 fully saturated rings. The largest absolute Gasteiger partial charge is 0.303 e. The van der Waals surface area contributed by atoms with Crippen molar-refractivity contribution in [3.8, 4) is 0 Å². The molecule has 2 saturated heterocycles. The lowest BCUT2D eigenvalue weighted by Crippen LogP contribution is -2.41. The normalized spacial score (nSPS) is 25.6. The van der Waals surface area contributed by atoms with Gasteiger partial charge in [0.15, 0.2) is 0 Å². The van der Waals surface area contributed by atoms with E-state index in [-0.39, 0.29) is 0 Å². The molecule has 0 amide bonds. The fraction of sp³-hybridized carbons (Fsp3) is 1.00. The Balaban J connectivity index is 1.53. The van der Waals surface area contributed by atoms with Crippen LogP contribution in [0, 0.1) is 0 Å². The first-order valence-electron chi connectivity index (χ1n) is 6.53. The van der Waals surface area contributed by atoms with Crippen LogP contribution in [0.4, 0.5) is 0 Å². The first-order valence-corrected chi connectivity index (χ1v) is 6.53. The van der Waals surface area contributed by atoms with E-state index in [1.165, 1.54) is 65.0 Å². The SMILES string of the molecule is C1CCN(CCCN2CC[N]CC2)CC1. The topological polar surface area (TPSA) is 20.6 Å². The molecular formula is C12H24N3. The van der Waals surface area contributed by atoms with E-state index in [0.29, 0.717) is 0 Å². The van der Waals surface area contributed by atoms with Crippen molar-refractivity contribution < 1.29 is 0 Å². The number of hydrogen-bond acceptors (Lipinski definition) is 2. The molecule has 0 atom stereocenters. The molecule has 0 N–H and O–H groups in total. The van der Waals surface area contributed by atoms with Crippen LogP contribution in [0.15, 0.2) is 0 Å². The Morgan fingerprint density at radius 2 is 1.33 bits per heavy atom. The molecule has 2 aliphatic heterocycles. The van der Waals surface area contributed by atoms with Gasteiger partial charge in [0.25, 0.3) is 0 Å². The molecule has 3 heteroatoms. The van der Waals surface area contributed by atoms with Crippen LogP contribution >= 0.6 is 0 Å². The molecule has 3 nitrogen and oxygen atoms in total. The number of rotatable bonds is 4. The minimum atomic E-state index is 1.06. The summed E-state index contributed by atoms with van der Waals surface area (Å²) in [5, 5.41) is 4.37. The molecule has 87 valence electrons. The highest BCUT2D eigenvalue weighted by Crippen LogP contribution is 2.09. The van der Waals surface area contributed by atoms with Crippen LogP contribution in [0.1, 0.15) is 25.7 Å². The Labute approximate surface area is 93.8 Å². The first-order chi connectivity index (χ1) is 7.45.